The van der Waals surface area contributed by atoms with Crippen LogP contribution in [0, 0.1) is 23.7 Å². The molecule has 208 valence electrons. The quantitative estimate of drug-likeness (QED) is 0.561. The summed E-state index contributed by atoms with van der Waals surface area (Å²) in [4.78, 5) is 28.9. The maximum absolute atomic E-state index is 11.9. The molecule has 2 aliphatic carbocycles. The number of rotatable bonds is 2. The molecule has 2 saturated carbocycles. The molecule has 2 aromatic rings. The maximum atomic E-state index is 11.9. The van der Waals surface area contributed by atoms with Crippen molar-refractivity contribution in [3.8, 4) is 0 Å². The Morgan fingerprint density at radius 3 is 1.58 bits per heavy atom. The van der Waals surface area contributed by atoms with E-state index in [1.54, 1.807) is 21.5 Å². The molecule has 38 heavy (non-hydrogen) atoms. The molecule has 2 unspecified atom stereocenters. The average molecular weight is 531 g/mol. The van der Waals surface area contributed by atoms with Gasteiger partial charge in [-0.05, 0) is 80.9 Å². The van der Waals surface area contributed by atoms with Gasteiger partial charge in [-0.2, -0.15) is 4.80 Å². The van der Waals surface area contributed by atoms with Crippen molar-refractivity contribution in [2.45, 2.75) is 64.6 Å². The van der Waals surface area contributed by atoms with Gasteiger partial charge in [0.05, 0.1) is 7.05 Å². The van der Waals surface area contributed by atoms with E-state index < -0.39 is 11.2 Å². The molecule has 6 rings (SSSR count). The van der Waals surface area contributed by atoms with Crippen molar-refractivity contribution in [3.63, 3.8) is 0 Å². The summed E-state index contributed by atoms with van der Waals surface area (Å²) in [6.07, 6.45) is -0.430. The minimum Gasteiger partial charge on any atom is -0.444 e. The molecule has 2 saturated heterocycles. The molecule has 0 radical (unpaired) electrons. The number of carbonyl (C=O) groups is 2. The summed E-state index contributed by atoms with van der Waals surface area (Å²) >= 11 is 0. The lowest BCUT2D eigenvalue weighted by molar-refractivity contribution is 0.0260. The van der Waals surface area contributed by atoms with Crippen molar-refractivity contribution in [3.05, 3.63) is 11.6 Å². The summed E-state index contributed by atoms with van der Waals surface area (Å²) in [6, 6.07) is 0. The predicted octanol–water partition coefficient (Wildman–Crippen LogP) is 1.58. The van der Waals surface area contributed by atoms with E-state index in [1.165, 1.54) is 4.80 Å². The monoisotopic (exact) mass is 530 g/mol. The molecular weight excluding hydrogens is 492 g/mol. The Hall–Kier alpha value is -3.32. The van der Waals surface area contributed by atoms with Crippen LogP contribution in [0.15, 0.2) is 0 Å². The van der Waals surface area contributed by atoms with Crippen LogP contribution in [0.3, 0.4) is 0 Å². The average Bonchev–Trinajstić information content (AvgIpc) is 3.27. The Morgan fingerprint density at radius 2 is 1.21 bits per heavy atom. The van der Waals surface area contributed by atoms with Crippen molar-refractivity contribution in [2.24, 2.45) is 37.8 Å². The zero-order valence-electron chi connectivity index (χ0n) is 23.4. The number of tetrazole rings is 2. The summed E-state index contributed by atoms with van der Waals surface area (Å²) in [5.41, 5.74) is -0.869. The Balaban J connectivity index is 0.000000155. The number of fused-ring (bicyclic) bond motifs is 2. The van der Waals surface area contributed by atoms with E-state index in [9.17, 15) is 9.59 Å². The lowest BCUT2D eigenvalue weighted by Gasteiger charge is -2.25. The molecule has 0 N–H and O–H groups in total. The van der Waals surface area contributed by atoms with Crippen molar-refractivity contribution in [1.29, 1.82) is 0 Å². The highest BCUT2D eigenvalue weighted by Gasteiger charge is 2.60. The van der Waals surface area contributed by atoms with Crippen LogP contribution in [0.5, 0.6) is 0 Å². The highest BCUT2D eigenvalue weighted by atomic mass is 16.6. The van der Waals surface area contributed by atoms with Crippen molar-refractivity contribution >= 4 is 12.2 Å². The van der Waals surface area contributed by atoms with E-state index in [0.717, 1.165) is 37.8 Å². The normalized spacial score (nSPS) is 29.3. The number of carbonyl (C=O) groups excluding carboxylic acids is 2. The molecule has 0 bridgehead atoms. The first-order chi connectivity index (χ1) is 17.7. The number of hydrogen-bond acceptors (Lipinski definition) is 10. The number of ether oxygens (including phenoxy) is 2. The lowest BCUT2D eigenvalue weighted by Crippen LogP contribution is -2.37. The van der Waals surface area contributed by atoms with Crippen LogP contribution in [-0.2, 0) is 23.6 Å². The van der Waals surface area contributed by atoms with Crippen molar-refractivity contribution in [1.82, 2.24) is 50.2 Å². The van der Waals surface area contributed by atoms with Gasteiger partial charge >= 0.3 is 12.2 Å². The summed E-state index contributed by atoms with van der Waals surface area (Å²) in [6.45, 7) is 14.3. The van der Waals surface area contributed by atoms with Gasteiger partial charge in [0, 0.05) is 45.1 Å². The van der Waals surface area contributed by atoms with Gasteiger partial charge in [-0.25, -0.2) is 14.3 Å². The Labute approximate surface area is 222 Å². The third kappa shape index (κ3) is 5.44. The van der Waals surface area contributed by atoms with Crippen molar-refractivity contribution in [2.75, 3.05) is 26.2 Å². The predicted molar refractivity (Wildman–Crippen MR) is 133 cm³/mol. The molecule has 2 amide bonds. The fourth-order valence-electron chi connectivity index (χ4n) is 5.72. The molecule has 4 fully saturated rings. The number of amides is 2. The summed E-state index contributed by atoms with van der Waals surface area (Å²) in [5.74, 6) is 4.41. The molecule has 4 heterocycles. The van der Waals surface area contributed by atoms with Gasteiger partial charge < -0.3 is 19.3 Å². The summed E-state index contributed by atoms with van der Waals surface area (Å²) in [5, 5.41) is 23.7. The van der Waals surface area contributed by atoms with Gasteiger partial charge in [-0.3, -0.25) is 0 Å². The first-order valence-electron chi connectivity index (χ1n) is 13.1. The first kappa shape index (κ1) is 26.3. The zero-order valence-corrected chi connectivity index (χ0v) is 23.4. The number of aryl methyl sites for hydroxylation is 2. The van der Waals surface area contributed by atoms with Crippen LogP contribution in [0.2, 0.25) is 0 Å². The molecule has 0 spiro atoms. The summed E-state index contributed by atoms with van der Waals surface area (Å²) < 4.78 is 12.5. The molecule has 0 aromatic carbocycles. The van der Waals surface area contributed by atoms with Gasteiger partial charge in [-0.15, -0.1) is 15.3 Å². The van der Waals surface area contributed by atoms with Crippen LogP contribution in [0.25, 0.3) is 0 Å². The highest BCUT2D eigenvalue weighted by Crippen LogP contribution is 2.58. The zero-order chi connectivity index (χ0) is 27.6. The second-order valence-corrected chi connectivity index (χ2v) is 12.8. The maximum Gasteiger partial charge on any atom is 0.410 e. The standard InChI is InChI=1S/2C12H19N5O2/c1-12(2,3)19-11(18)17-5-7-8(6-17)9(7)10-13-14-15-16(10)4;1-12(2,3)19-11(18)17-5-7-8(6-17)9(7)10-13-15-16(4)14-10/h2*7-9H,5-6H2,1-4H3/t2*7-,8+,9?. The minimum absolute atomic E-state index is 0.213. The van der Waals surface area contributed by atoms with Crippen LogP contribution in [0.4, 0.5) is 9.59 Å². The number of aromatic nitrogens is 8. The van der Waals surface area contributed by atoms with Gasteiger partial charge in [0.2, 0.25) is 0 Å². The second kappa shape index (κ2) is 9.16. The third-order valence-corrected chi connectivity index (χ3v) is 7.46. The van der Waals surface area contributed by atoms with Crippen LogP contribution < -0.4 is 0 Å². The highest BCUT2D eigenvalue weighted by molar-refractivity contribution is 5.69. The molecule has 2 aromatic heterocycles. The van der Waals surface area contributed by atoms with Gasteiger partial charge in [0.25, 0.3) is 0 Å². The van der Waals surface area contributed by atoms with Crippen LogP contribution in [-0.4, -0.2) is 99.8 Å². The second-order valence-electron chi connectivity index (χ2n) is 12.8. The lowest BCUT2D eigenvalue weighted by atomic mass is 10.2. The van der Waals surface area contributed by atoms with Crippen LogP contribution in [0.1, 0.15) is 65.0 Å². The van der Waals surface area contributed by atoms with Gasteiger partial charge in [0.1, 0.15) is 11.2 Å². The first-order valence-corrected chi connectivity index (χ1v) is 13.1. The van der Waals surface area contributed by atoms with E-state index in [2.05, 4.69) is 30.9 Å². The fraction of sp³-hybridized carbons (Fsp3) is 0.833. The van der Waals surface area contributed by atoms with E-state index in [-0.39, 0.29) is 12.2 Å². The fourth-order valence-corrected chi connectivity index (χ4v) is 5.72. The van der Waals surface area contributed by atoms with Gasteiger partial charge in [-0.1, -0.05) is 0 Å². The van der Waals surface area contributed by atoms with Crippen LogP contribution >= 0.6 is 0 Å². The van der Waals surface area contributed by atoms with E-state index >= 15 is 0 Å². The molecule has 14 heteroatoms. The number of nitrogens with zero attached hydrogens (tertiary/aromatic N) is 10. The molecule has 6 atom stereocenters. The van der Waals surface area contributed by atoms with Crippen molar-refractivity contribution < 1.29 is 19.1 Å². The Bertz CT molecular complexity index is 1170. The molecule has 4 aliphatic rings. The Kier molecular flexibility index (Phi) is 6.33. The summed E-state index contributed by atoms with van der Waals surface area (Å²) in [7, 11) is 3.62. The minimum atomic E-state index is -0.435. The molecule has 14 nitrogen and oxygen atoms in total. The molecular formula is C24H38N10O4. The van der Waals surface area contributed by atoms with Gasteiger partial charge in [0.15, 0.2) is 11.6 Å². The van der Waals surface area contributed by atoms with E-state index in [4.69, 9.17) is 9.47 Å². The number of piperidine rings is 2. The number of hydrogen-bond donors (Lipinski definition) is 0. The largest absolute Gasteiger partial charge is 0.444 e. The SMILES string of the molecule is Cn1nnc(C2[C@H]3CN(C(=O)OC(C)(C)C)C[C@@H]23)n1.Cn1nnnc1C1[C@H]2CN(C(=O)OC(C)(C)C)C[C@@H]12. The van der Waals surface area contributed by atoms with E-state index in [1.807, 2.05) is 48.6 Å². The molecule has 2 aliphatic heterocycles. The topological polar surface area (TPSA) is 146 Å². The Morgan fingerprint density at radius 1 is 0.737 bits per heavy atom. The third-order valence-electron chi connectivity index (χ3n) is 7.46. The van der Waals surface area contributed by atoms with E-state index in [0.29, 0.717) is 35.5 Å². The smallest absolute Gasteiger partial charge is 0.410 e. The number of likely N-dealkylation sites (tertiary alicyclic amines) is 2.